The van der Waals surface area contributed by atoms with Gasteiger partial charge in [0.25, 0.3) is 0 Å². The van der Waals surface area contributed by atoms with Crippen molar-refractivity contribution in [2.75, 3.05) is 6.54 Å². The first-order valence-electron chi connectivity index (χ1n) is 7.62. The molecular formula is C19H14FN4+. The summed E-state index contributed by atoms with van der Waals surface area (Å²) in [5.74, 6) is -0.255. The monoisotopic (exact) mass is 317 g/mol. The van der Waals surface area contributed by atoms with Crippen molar-refractivity contribution in [1.82, 2.24) is 4.98 Å². The molecule has 0 bridgehead atoms. The van der Waals surface area contributed by atoms with Crippen molar-refractivity contribution in [1.29, 1.82) is 0 Å². The Balaban J connectivity index is 1.57. The molecular weight excluding hydrogens is 303 g/mol. The number of nitrogens with zero attached hydrogens (tertiary/aromatic N) is 4. The van der Waals surface area contributed by atoms with Gasteiger partial charge in [-0.1, -0.05) is 18.2 Å². The van der Waals surface area contributed by atoms with Gasteiger partial charge in [0.2, 0.25) is 5.71 Å². The minimum Gasteiger partial charge on any atom is -0.256 e. The van der Waals surface area contributed by atoms with E-state index in [0.717, 1.165) is 28.2 Å². The van der Waals surface area contributed by atoms with Gasteiger partial charge in [-0.3, -0.25) is 4.98 Å². The average Bonchev–Trinajstić information content (AvgIpc) is 3.13. The Bertz CT molecular complexity index is 931. The van der Waals surface area contributed by atoms with E-state index < -0.39 is 0 Å². The lowest BCUT2D eigenvalue weighted by Crippen LogP contribution is -2.11. The van der Waals surface area contributed by atoms with Crippen LogP contribution in [-0.4, -0.2) is 21.9 Å². The lowest BCUT2D eigenvalue weighted by atomic mass is 10.1. The molecule has 0 atom stereocenters. The van der Waals surface area contributed by atoms with Gasteiger partial charge in [0, 0.05) is 17.3 Å². The molecule has 0 saturated heterocycles. The summed E-state index contributed by atoms with van der Waals surface area (Å²) in [6.07, 6.45) is 1.78. The molecule has 116 valence electrons. The molecule has 0 spiro atoms. The molecule has 1 aliphatic heterocycles. The fourth-order valence-electron chi connectivity index (χ4n) is 2.61. The van der Waals surface area contributed by atoms with Crippen molar-refractivity contribution >= 4 is 11.4 Å². The molecule has 0 aliphatic carbocycles. The first-order chi connectivity index (χ1) is 11.8. The van der Waals surface area contributed by atoms with Gasteiger partial charge < -0.3 is 0 Å². The van der Waals surface area contributed by atoms with Crippen molar-refractivity contribution in [3.8, 4) is 11.3 Å². The summed E-state index contributed by atoms with van der Waals surface area (Å²) >= 11 is 0. The maximum atomic E-state index is 13.0. The zero-order valence-electron chi connectivity index (χ0n) is 12.8. The zero-order valence-corrected chi connectivity index (χ0v) is 12.8. The number of aromatic nitrogens is 1. The van der Waals surface area contributed by atoms with Crippen LogP contribution < -0.4 is 0 Å². The van der Waals surface area contributed by atoms with E-state index in [1.807, 2.05) is 47.2 Å². The zero-order chi connectivity index (χ0) is 16.4. The van der Waals surface area contributed by atoms with E-state index in [2.05, 4.69) is 15.3 Å². The summed E-state index contributed by atoms with van der Waals surface area (Å²) in [5, 5.41) is 8.45. The van der Waals surface area contributed by atoms with Crippen LogP contribution in [0.5, 0.6) is 0 Å². The highest BCUT2D eigenvalue weighted by Crippen LogP contribution is 2.24. The normalized spacial score (nSPS) is 13.5. The summed E-state index contributed by atoms with van der Waals surface area (Å²) in [7, 11) is 0. The number of hydrogen-bond acceptors (Lipinski definition) is 3. The highest BCUT2D eigenvalue weighted by molar-refractivity contribution is 6.01. The summed E-state index contributed by atoms with van der Waals surface area (Å²) in [4.78, 5) is 4.37. The Morgan fingerprint density at radius 2 is 1.75 bits per heavy atom. The lowest BCUT2D eigenvalue weighted by Gasteiger charge is -2.03. The van der Waals surface area contributed by atoms with Gasteiger partial charge in [0.1, 0.15) is 11.0 Å². The predicted octanol–water partition coefficient (Wildman–Crippen LogP) is 4.40. The number of halogens is 1. The lowest BCUT2D eigenvalue weighted by molar-refractivity contribution is -0.492. The van der Waals surface area contributed by atoms with Gasteiger partial charge >= 0.3 is 0 Å². The van der Waals surface area contributed by atoms with Crippen molar-refractivity contribution in [3.05, 3.63) is 84.3 Å². The first-order valence-corrected chi connectivity index (χ1v) is 7.62. The van der Waals surface area contributed by atoms with E-state index in [0.29, 0.717) is 6.54 Å². The van der Waals surface area contributed by atoms with Crippen molar-refractivity contribution < 1.29 is 9.09 Å². The van der Waals surface area contributed by atoms with E-state index >= 15 is 0 Å². The Hall–Kier alpha value is -3.21. The fourth-order valence-corrected chi connectivity index (χ4v) is 2.61. The molecule has 0 amide bonds. The second-order valence-corrected chi connectivity index (χ2v) is 5.47. The standard InChI is InChI=1S/C19H14FN4/c20-16-9-7-14(8-10-16)19-13-24(23-22-19)17-5-3-4-15(12-17)18-6-1-2-11-21-18/h1-12H,13H2/q+1. The molecule has 5 heteroatoms. The van der Waals surface area contributed by atoms with E-state index in [-0.39, 0.29) is 5.82 Å². The molecule has 0 saturated carbocycles. The maximum absolute atomic E-state index is 13.0. The van der Waals surface area contributed by atoms with E-state index in [9.17, 15) is 4.39 Å². The molecule has 2 heterocycles. The van der Waals surface area contributed by atoms with Gasteiger partial charge in [-0.25, -0.2) is 4.39 Å². The molecule has 2 aromatic carbocycles. The Morgan fingerprint density at radius 3 is 2.54 bits per heavy atom. The van der Waals surface area contributed by atoms with Gasteiger partial charge in [-0.05, 0) is 48.5 Å². The van der Waals surface area contributed by atoms with Crippen LogP contribution in [0.2, 0.25) is 0 Å². The molecule has 1 aromatic heterocycles. The summed E-state index contributed by atoms with van der Waals surface area (Å²) in [5.41, 5.74) is 4.58. The Kier molecular flexibility index (Phi) is 3.67. The molecule has 0 unspecified atom stereocenters. The quantitative estimate of drug-likeness (QED) is 0.660. The second-order valence-electron chi connectivity index (χ2n) is 5.47. The van der Waals surface area contributed by atoms with Crippen LogP contribution in [-0.2, 0) is 0 Å². The van der Waals surface area contributed by atoms with Gasteiger partial charge in [0.15, 0.2) is 12.2 Å². The largest absolute Gasteiger partial charge is 0.256 e. The van der Waals surface area contributed by atoms with Crippen molar-refractivity contribution in [2.24, 2.45) is 10.3 Å². The van der Waals surface area contributed by atoms with Crippen LogP contribution in [0.3, 0.4) is 0 Å². The van der Waals surface area contributed by atoms with Gasteiger partial charge in [-0.2, -0.15) is 0 Å². The molecule has 4 rings (SSSR count). The van der Waals surface area contributed by atoms with Crippen LogP contribution in [0.1, 0.15) is 5.56 Å². The van der Waals surface area contributed by atoms with Crippen molar-refractivity contribution in [3.63, 3.8) is 0 Å². The number of hydrogen-bond donors (Lipinski definition) is 0. The van der Waals surface area contributed by atoms with Crippen molar-refractivity contribution in [2.45, 2.75) is 0 Å². The SMILES string of the molecule is Fc1ccc(C2=NN=[N+](c3cccc(-c4ccccn4)c3)C2)cc1. The molecule has 0 fully saturated rings. The van der Waals surface area contributed by atoms with Gasteiger partial charge in [-0.15, -0.1) is 4.70 Å². The van der Waals surface area contributed by atoms with E-state index in [1.165, 1.54) is 12.1 Å². The third-order valence-corrected chi connectivity index (χ3v) is 3.86. The highest BCUT2D eigenvalue weighted by Gasteiger charge is 2.23. The third kappa shape index (κ3) is 2.84. The molecule has 3 aromatic rings. The average molecular weight is 317 g/mol. The molecule has 4 nitrogen and oxygen atoms in total. The Morgan fingerprint density at radius 1 is 0.875 bits per heavy atom. The number of pyridine rings is 1. The first kappa shape index (κ1) is 14.4. The number of benzene rings is 2. The van der Waals surface area contributed by atoms with Gasteiger partial charge in [0.05, 0.1) is 10.8 Å². The topological polar surface area (TPSA) is 40.6 Å². The van der Waals surface area contributed by atoms with Crippen LogP contribution in [0.25, 0.3) is 11.3 Å². The van der Waals surface area contributed by atoms with E-state index in [4.69, 9.17) is 0 Å². The predicted molar refractivity (Wildman–Crippen MR) is 89.8 cm³/mol. The second kappa shape index (κ2) is 6.12. The molecule has 0 radical (unpaired) electrons. The Labute approximate surface area is 138 Å². The molecule has 24 heavy (non-hydrogen) atoms. The van der Waals surface area contributed by atoms with E-state index in [1.54, 1.807) is 18.3 Å². The third-order valence-electron chi connectivity index (χ3n) is 3.86. The minimum absolute atomic E-state index is 0.255. The van der Waals surface area contributed by atoms with Crippen LogP contribution in [0.4, 0.5) is 10.1 Å². The maximum Gasteiger partial charge on any atom is 0.231 e. The minimum atomic E-state index is -0.255. The van der Waals surface area contributed by atoms with Crippen LogP contribution in [0, 0.1) is 5.82 Å². The molecule has 0 N–H and O–H groups in total. The highest BCUT2D eigenvalue weighted by atomic mass is 19.1. The molecule has 1 aliphatic rings. The fraction of sp³-hybridized carbons (Fsp3) is 0.0526. The summed E-state index contributed by atoms with van der Waals surface area (Å²) < 4.78 is 14.9. The number of rotatable bonds is 3. The summed E-state index contributed by atoms with van der Waals surface area (Å²) in [6, 6.07) is 20.2. The summed E-state index contributed by atoms with van der Waals surface area (Å²) in [6.45, 7) is 0.553. The van der Waals surface area contributed by atoms with Crippen LogP contribution in [0.15, 0.2) is 83.3 Å². The smallest absolute Gasteiger partial charge is 0.231 e. The van der Waals surface area contributed by atoms with Crippen LogP contribution >= 0.6 is 0 Å².